The number of hydrogen-bond acceptors (Lipinski definition) is 5. The number of ether oxygens (including phenoxy) is 2. The number of anilines is 1. The highest BCUT2D eigenvalue weighted by molar-refractivity contribution is 6.30. The van der Waals surface area contributed by atoms with Gasteiger partial charge in [0.1, 0.15) is 23.3 Å². The zero-order valence-corrected chi connectivity index (χ0v) is 23.2. The molecule has 0 aliphatic carbocycles. The largest absolute Gasteiger partial charge is 0.497 e. The molecular weight excluding hydrogens is 526 g/mol. The van der Waals surface area contributed by atoms with Crippen LogP contribution in [-0.4, -0.2) is 38.1 Å². The number of carbonyl (C=O) groups excluding carboxylic acids is 2. The third kappa shape index (κ3) is 8.51. The molecule has 0 aromatic heterocycles. The van der Waals surface area contributed by atoms with E-state index in [4.69, 9.17) is 21.1 Å². The Morgan fingerprint density at radius 3 is 2.25 bits per heavy atom. The quantitative estimate of drug-likeness (QED) is 0.185. The number of amides is 2. The normalized spacial score (nSPS) is 11.3. The summed E-state index contributed by atoms with van der Waals surface area (Å²) in [4.78, 5) is 26.2. The smallest absolute Gasteiger partial charge is 0.251 e. The Balaban J connectivity index is 1.39. The van der Waals surface area contributed by atoms with E-state index in [9.17, 15) is 9.59 Å². The SMILES string of the molecule is COc1ccc(NCCNC(=O)C(Cc2ccc(Oc3cccc(Cl)c3)cc2)NC(=O)c2cccc(C)c2)cc1. The van der Waals surface area contributed by atoms with E-state index < -0.39 is 6.04 Å². The molecule has 0 saturated heterocycles. The van der Waals surface area contributed by atoms with Crippen LogP contribution in [0.15, 0.2) is 97.1 Å². The van der Waals surface area contributed by atoms with Crippen molar-refractivity contribution < 1.29 is 19.1 Å². The van der Waals surface area contributed by atoms with E-state index in [0.29, 0.717) is 41.6 Å². The number of hydrogen-bond donors (Lipinski definition) is 3. The second-order valence-corrected chi connectivity index (χ2v) is 9.69. The molecule has 0 radical (unpaired) electrons. The van der Waals surface area contributed by atoms with E-state index in [0.717, 1.165) is 22.6 Å². The average Bonchev–Trinajstić information content (AvgIpc) is 2.96. The maximum absolute atomic E-state index is 13.2. The third-order valence-corrected chi connectivity index (χ3v) is 6.38. The van der Waals surface area contributed by atoms with Crippen molar-refractivity contribution in [2.75, 3.05) is 25.5 Å². The molecule has 0 saturated carbocycles. The summed E-state index contributed by atoms with van der Waals surface area (Å²) in [5, 5.41) is 9.70. The summed E-state index contributed by atoms with van der Waals surface area (Å²) in [6.45, 7) is 2.82. The molecule has 0 spiro atoms. The molecule has 3 N–H and O–H groups in total. The number of halogens is 1. The van der Waals surface area contributed by atoms with Crippen LogP contribution in [0.1, 0.15) is 21.5 Å². The number of benzene rings is 4. The van der Waals surface area contributed by atoms with Crippen molar-refractivity contribution >= 4 is 29.1 Å². The lowest BCUT2D eigenvalue weighted by Crippen LogP contribution is -2.48. The molecule has 0 bridgehead atoms. The lowest BCUT2D eigenvalue weighted by Gasteiger charge is -2.19. The van der Waals surface area contributed by atoms with Crippen LogP contribution in [0.4, 0.5) is 5.69 Å². The molecule has 8 heteroatoms. The van der Waals surface area contributed by atoms with Crippen LogP contribution >= 0.6 is 11.6 Å². The Morgan fingerprint density at radius 2 is 1.55 bits per heavy atom. The Hall–Kier alpha value is -4.49. The molecule has 40 heavy (non-hydrogen) atoms. The molecule has 206 valence electrons. The van der Waals surface area contributed by atoms with Gasteiger partial charge in [0, 0.05) is 35.8 Å². The lowest BCUT2D eigenvalue weighted by atomic mass is 10.0. The Morgan fingerprint density at radius 1 is 0.825 bits per heavy atom. The van der Waals surface area contributed by atoms with Gasteiger partial charge in [-0.05, 0) is 79.2 Å². The number of methoxy groups -OCH3 is 1. The maximum Gasteiger partial charge on any atom is 0.251 e. The Bertz CT molecular complexity index is 1430. The maximum atomic E-state index is 13.2. The summed E-state index contributed by atoms with van der Waals surface area (Å²) >= 11 is 6.04. The first-order valence-corrected chi connectivity index (χ1v) is 13.3. The fourth-order valence-corrected chi connectivity index (χ4v) is 4.24. The predicted molar refractivity (Wildman–Crippen MR) is 159 cm³/mol. The molecule has 0 fully saturated rings. The van der Waals surface area contributed by atoms with Gasteiger partial charge < -0.3 is 25.4 Å². The predicted octanol–water partition coefficient (Wildman–Crippen LogP) is 6.02. The van der Waals surface area contributed by atoms with E-state index >= 15 is 0 Å². The molecule has 0 heterocycles. The summed E-state index contributed by atoms with van der Waals surface area (Å²) < 4.78 is 11.0. The zero-order valence-electron chi connectivity index (χ0n) is 22.4. The van der Waals surface area contributed by atoms with Gasteiger partial charge in [0.25, 0.3) is 5.91 Å². The van der Waals surface area contributed by atoms with Crippen LogP contribution in [-0.2, 0) is 11.2 Å². The minimum atomic E-state index is -0.770. The standard InChI is InChI=1S/C32H32ClN3O4/c1-22-5-3-6-24(19-22)31(37)36-30(32(38)35-18-17-34-26-11-15-27(39-2)16-12-26)20-23-9-13-28(14-10-23)40-29-8-4-7-25(33)21-29/h3-16,19,21,30,34H,17-18,20H2,1-2H3,(H,35,38)(H,36,37). The van der Waals surface area contributed by atoms with Crippen LogP contribution in [0, 0.1) is 6.92 Å². The van der Waals surface area contributed by atoms with Gasteiger partial charge in [-0.25, -0.2) is 0 Å². The summed E-state index contributed by atoms with van der Waals surface area (Å²) in [5.41, 5.74) is 3.26. The van der Waals surface area contributed by atoms with Crippen molar-refractivity contribution in [3.8, 4) is 17.2 Å². The summed E-state index contributed by atoms with van der Waals surface area (Å²) in [6.07, 6.45) is 0.312. The number of nitrogens with one attached hydrogen (secondary N) is 3. The first-order valence-electron chi connectivity index (χ1n) is 12.9. The second-order valence-electron chi connectivity index (χ2n) is 9.25. The van der Waals surface area contributed by atoms with Gasteiger partial charge in [0.2, 0.25) is 5.91 Å². The first-order chi connectivity index (χ1) is 19.4. The van der Waals surface area contributed by atoms with Gasteiger partial charge in [-0.15, -0.1) is 0 Å². The highest BCUT2D eigenvalue weighted by Gasteiger charge is 2.22. The molecule has 4 aromatic rings. The topological polar surface area (TPSA) is 88.7 Å². The van der Waals surface area contributed by atoms with Crippen LogP contribution in [0.3, 0.4) is 0 Å². The molecule has 2 amide bonds. The third-order valence-electron chi connectivity index (χ3n) is 6.14. The van der Waals surface area contributed by atoms with Crippen molar-refractivity contribution in [1.29, 1.82) is 0 Å². The van der Waals surface area contributed by atoms with E-state index in [1.54, 1.807) is 31.4 Å². The molecule has 7 nitrogen and oxygen atoms in total. The summed E-state index contributed by atoms with van der Waals surface area (Å²) in [7, 11) is 1.62. The van der Waals surface area contributed by atoms with Crippen molar-refractivity contribution in [3.05, 3.63) is 119 Å². The van der Waals surface area contributed by atoms with Crippen LogP contribution in [0.25, 0.3) is 0 Å². The second kappa shape index (κ2) is 14.1. The van der Waals surface area contributed by atoms with Gasteiger partial charge in [0.15, 0.2) is 0 Å². The highest BCUT2D eigenvalue weighted by atomic mass is 35.5. The average molecular weight is 558 g/mol. The van der Waals surface area contributed by atoms with E-state index in [1.807, 2.05) is 79.7 Å². The zero-order chi connectivity index (χ0) is 28.3. The summed E-state index contributed by atoms with van der Waals surface area (Å²) in [6, 6.07) is 28.6. The van der Waals surface area contributed by atoms with Gasteiger partial charge in [-0.3, -0.25) is 9.59 Å². The number of rotatable bonds is 12. The molecule has 1 atom stereocenters. The first kappa shape index (κ1) is 28.5. The number of aryl methyl sites for hydroxylation is 1. The minimum Gasteiger partial charge on any atom is -0.497 e. The van der Waals surface area contributed by atoms with Crippen LogP contribution < -0.4 is 25.4 Å². The molecule has 0 aliphatic rings. The molecule has 1 unspecified atom stereocenters. The fourth-order valence-electron chi connectivity index (χ4n) is 4.06. The molecular formula is C32H32ClN3O4. The van der Waals surface area contributed by atoms with Gasteiger partial charge in [-0.1, -0.05) is 47.5 Å². The Kier molecular flexibility index (Phi) is 10.0. The van der Waals surface area contributed by atoms with E-state index in [-0.39, 0.29) is 11.8 Å². The molecule has 0 aliphatic heterocycles. The lowest BCUT2D eigenvalue weighted by molar-refractivity contribution is -0.122. The van der Waals surface area contributed by atoms with Crippen molar-refractivity contribution in [2.24, 2.45) is 0 Å². The van der Waals surface area contributed by atoms with Gasteiger partial charge >= 0.3 is 0 Å². The van der Waals surface area contributed by atoms with Crippen LogP contribution in [0.2, 0.25) is 5.02 Å². The minimum absolute atomic E-state index is 0.267. The van der Waals surface area contributed by atoms with Crippen LogP contribution in [0.5, 0.6) is 17.2 Å². The molecule has 4 aromatic carbocycles. The van der Waals surface area contributed by atoms with Crippen molar-refractivity contribution in [2.45, 2.75) is 19.4 Å². The van der Waals surface area contributed by atoms with Crippen molar-refractivity contribution in [3.63, 3.8) is 0 Å². The Labute approximate surface area is 239 Å². The van der Waals surface area contributed by atoms with E-state index in [1.165, 1.54) is 0 Å². The monoisotopic (exact) mass is 557 g/mol. The van der Waals surface area contributed by atoms with Crippen molar-refractivity contribution in [1.82, 2.24) is 10.6 Å². The molecule has 4 rings (SSSR count). The highest BCUT2D eigenvalue weighted by Crippen LogP contribution is 2.24. The van der Waals surface area contributed by atoms with E-state index in [2.05, 4.69) is 16.0 Å². The fraction of sp³-hybridized carbons (Fsp3) is 0.188. The van der Waals surface area contributed by atoms with Gasteiger partial charge in [0.05, 0.1) is 7.11 Å². The van der Waals surface area contributed by atoms with Gasteiger partial charge in [-0.2, -0.15) is 0 Å². The summed E-state index contributed by atoms with van der Waals surface area (Å²) in [5.74, 6) is 1.47. The number of carbonyl (C=O) groups is 2.